The summed E-state index contributed by atoms with van der Waals surface area (Å²) in [4.78, 5) is 13.7. The highest BCUT2D eigenvalue weighted by Gasteiger charge is 2.32. The summed E-state index contributed by atoms with van der Waals surface area (Å²) in [5.74, 6) is -0.452. The molecule has 1 aliphatic heterocycles. The molecule has 22 heavy (non-hydrogen) atoms. The van der Waals surface area contributed by atoms with Crippen LogP contribution in [-0.4, -0.2) is 26.2 Å². The fourth-order valence-corrected chi connectivity index (χ4v) is 4.42. The molecule has 5 heteroatoms. The molecule has 0 amide bonds. The third kappa shape index (κ3) is 2.74. The molecule has 0 spiro atoms. The van der Waals surface area contributed by atoms with E-state index in [0.29, 0.717) is 5.57 Å². The fraction of sp³-hybridized carbons (Fsp3) is 0.118. The molecule has 0 unspecified atom stereocenters. The Hall–Kier alpha value is -1.85. The summed E-state index contributed by atoms with van der Waals surface area (Å²) < 4.78 is 24.6. The first-order chi connectivity index (χ1) is 10.5. The normalized spacial score (nSPS) is 18.2. The second-order valence-corrected chi connectivity index (χ2v) is 7.86. The van der Waals surface area contributed by atoms with E-state index in [0.717, 1.165) is 10.5 Å². The van der Waals surface area contributed by atoms with Crippen molar-refractivity contribution in [2.45, 2.75) is 9.79 Å². The van der Waals surface area contributed by atoms with Crippen LogP contribution in [0.5, 0.6) is 0 Å². The first-order valence-corrected chi connectivity index (χ1v) is 9.60. The van der Waals surface area contributed by atoms with Crippen molar-refractivity contribution in [2.75, 3.05) is 12.0 Å². The predicted molar refractivity (Wildman–Crippen MR) is 89.0 cm³/mol. The second-order valence-electron chi connectivity index (χ2n) is 5.03. The first-order valence-electron chi connectivity index (χ1n) is 6.72. The maximum atomic E-state index is 12.5. The Labute approximate surface area is 134 Å². The highest BCUT2D eigenvalue weighted by molar-refractivity contribution is 7.98. The fourth-order valence-electron chi connectivity index (χ4n) is 2.45. The van der Waals surface area contributed by atoms with E-state index < -0.39 is 9.84 Å². The van der Waals surface area contributed by atoms with Gasteiger partial charge >= 0.3 is 0 Å². The molecule has 0 fully saturated rings. The minimum atomic E-state index is -3.45. The van der Waals surface area contributed by atoms with Crippen LogP contribution in [0.1, 0.15) is 15.9 Å². The summed E-state index contributed by atoms with van der Waals surface area (Å²) in [6.07, 6.45) is 3.65. The van der Waals surface area contributed by atoms with Crippen LogP contribution in [-0.2, 0) is 9.84 Å². The molecule has 2 aromatic rings. The number of ketones is 1. The summed E-state index contributed by atoms with van der Waals surface area (Å²) in [5.41, 5.74) is 1.41. The molecule has 0 saturated heterocycles. The van der Waals surface area contributed by atoms with Crippen molar-refractivity contribution in [1.82, 2.24) is 0 Å². The van der Waals surface area contributed by atoms with E-state index in [2.05, 4.69) is 0 Å². The SMILES string of the molecule is CSc1ccc(/C=C2\CS(=O)(=O)c3ccccc3C2=O)cc1. The highest BCUT2D eigenvalue weighted by Crippen LogP contribution is 2.29. The monoisotopic (exact) mass is 330 g/mol. The Morgan fingerprint density at radius 3 is 2.41 bits per heavy atom. The van der Waals surface area contributed by atoms with E-state index in [1.165, 1.54) is 6.07 Å². The van der Waals surface area contributed by atoms with Crippen LogP contribution >= 0.6 is 11.8 Å². The number of hydrogen-bond acceptors (Lipinski definition) is 4. The van der Waals surface area contributed by atoms with Gasteiger partial charge in [-0.2, -0.15) is 0 Å². The largest absolute Gasteiger partial charge is 0.289 e. The topological polar surface area (TPSA) is 51.2 Å². The molecule has 3 rings (SSSR count). The zero-order chi connectivity index (χ0) is 15.7. The van der Waals surface area contributed by atoms with Crippen molar-refractivity contribution in [3.8, 4) is 0 Å². The maximum absolute atomic E-state index is 12.5. The zero-order valence-corrected chi connectivity index (χ0v) is 13.6. The Kier molecular flexibility index (Phi) is 3.93. The minimum absolute atomic E-state index is 0.134. The molecule has 0 saturated carbocycles. The van der Waals surface area contributed by atoms with E-state index in [-0.39, 0.29) is 22.0 Å². The van der Waals surface area contributed by atoms with Crippen molar-refractivity contribution in [1.29, 1.82) is 0 Å². The molecular formula is C17H14O3S2. The summed E-state index contributed by atoms with van der Waals surface area (Å²) in [7, 11) is -3.45. The molecule has 3 nitrogen and oxygen atoms in total. The number of benzene rings is 2. The van der Waals surface area contributed by atoms with Gasteiger partial charge in [0.1, 0.15) is 0 Å². The lowest BCUT2D eigenvalue weighted by Gasteiger charge is -2.17. The number of Topliss-reactive ketones (excluding diaryl/α,β-unsaturated/α-hetero) is 1. The number of rotatable bonds is 2. The van der Waals surface area contributed by atoms with Crippen LogP contribution in [0.4, 0.5) is 0 Å². The van der Waals surface area contributed by atoms with Gasteiger partial charge in [-0.25, -0.2) is 8.42 Å². The molecule has 2 aromatic carbocycles. The van der Waals surface area contributed by atoms with Crippen molar-refractivity contribution in [2.24, 2.45) is 0 Å². The van der Waals surface area contributed by atoms with Crippen LogP contribution in [0, 0.1) is 0 Å². The summed E-state index contributed by atoms with van der Waals surface area (Å²) in [6.45, 7) is 0. The molecule has 0 radical (unpaired) electrons. The summed E-state index contributed by atoms with van der Waals surface area (Å²) in [5, 5.41) is 0. The number of thioether (sulfide) groups is 1. The predicted octanol–water partition coefficient (Wildman–Crippen LogP) is 3.46. The quantitative estimate of drug-likeness (QED) is 0.625. The molecule has 0 atom stereocenters. The number of fused-ring (bicyclic) bond motifs is 1. The van der Waals surface area contributed by atoms with Crippen LogP contribution in [0.2, 0.25) is 0 Å². The lowest BCUT2D eigenvalue weighted by atomic mass is 10.0. The molecule has 1 heterocycles. The van der Waals surface area contributed by atoms with Gasteiger partial charge in [0.15, 0.2) is 15.6 Å². The second kappa shape index (κ2) is 5.74. The van der Waals surface area contributed by atoms with E-state index in [1.54, 1.807) is 36.0 Å². The van der Waals surface area contributed by atoms with Crippen LogP contribution < -0.4 is 0 Å². The van der Waals surface area contributed by atoms with Gasteiger partial charge in [0.25, 0.3) is 0 Å². The van der Waals surface area contributed by atoms with Crippen molar-refractivity contribution in [3.05, 3.63) is 65.2 Å². The molecule has 0 bridgehead atoms. The molecule has 0 aliphatic carbocycles. The zero-order valence-electron chi connectivity index (χ0n) is 11.9. The number of carbonyl (C=O) groups is 1. The molecule has 0 aromatic heterocycles. The Balaban J connectivity index is 2.06. The van der Waals surface area contributed by atoms with E-state index >= 15 is 0 Å². The van der Waals surface area contributed by atoms with Gasteiger partial charge < -0.3 is 0 Å². The lowest BCUT2D eigenvalue weighted by molar-refractivity contribution is 0.103. The smallest absolute Gasteiger partial charge is 0.191 e. The Morgan fingerprint density at radius 2 is 1.73 bits per heavy atom. The van der Waals surface area contributed by atoms with E-state index in [9.17, 15) is 13.2 Å². The standard InChI is InChI=1S/C17H14O3S2/c1-21-14-8-6-12(7-9-14)10-13-11-22(19,20)16-5-3-2-4-15(16)17(13)18/h2-10H,11H2,1H3/b13-10+. The average Bonchev–Trinajstić information content (AvgIpc) is 2.53. The number of hydrogen-bond donors (Lipinski definition) is 0. The third-order valence-corrected chi connectivity index (χ3v) is 6.02. The molecule has 112 valence electrons. The molecule has 1 aliphatic rings. The average molecular weight is 330 g/mol. The van der Waals surface area contributed by atoms with Gasteiger partial charge in [-0.3, -0.25) is 4.79 Å². The van der Waals surface area contributed by atoms with Gasteiger partial charge in [0.2, 0.25) is 0 Å². The van der Waals surface area contributed by atoms with Crippen molar-refractivity contribution < 1.29 is 13.2 Å². The third-order valence-electron chi connectivity index (χ3n) is 3.56. The molecular weight excluding hydrogens is 316 g/mol. The van der Waals surface area contributed by atoms with Crippen LogP contribution in [0.25, 0.3) is 6.08 Å². The van der Waals surface area contributed by atoms with Crippen LogP contribution in [0.3, 0.4) is 0 Å². The number of carbonyl (C=O) groups excluding carboxylic acids is 1. The van der Waals surface area contributed by atoms with Gasteiger partial charge in [0, 0.05) is 16.0 Å². The Bertz CT molecular complexity index is 863. The van der Waals surface area contributed by atoms with Gasteiger partial charge in [-0.05, 0) is 42.2 Å². The number of sulfone groups is 1. The van der Waals surface area contributed by atoms with E-state index in [1.807, 2.05) is 30.5 Å². The van der Waals surface area contributed by atoms with Gasteiger partial charge in [0.05, 0.1) is 10.6 Å². The summed E-state index contributed by atoms with van der Waals surface area (Å²) >= 11 is 1.63. The van der Waals surface area contributed by atoms with Crippen molar-refractivity contribution in [3.63, 3.8) is 0 Å². The molecule has 0 N–H and O–H groups in total. The Morgan fingerprint density at radius 1 is 1.05 bits per heavy atom. The lowest BCUT2D eigenvalue weighted by Crippen LogP contribution is -2.24. The maximum Gasteiger partial charge on any atom is 0.191 e. The highest BCUT2D eigenvalue weighted by atomic mass is 32.2. The minimum Gasteiger partial charge on any atom is -0.289 e. The van der Waals surface area contributed by atoms with Crippen molar-refractivity contribution >= 4 is 33.5 Å². The van der Waals surface area contributed by atoms with E-state index in [4.69, 9.17) is 0 Å². The summed E-state index contributed by atoms with van der Waals surface area (Å²) in [6, 6.07) is 14.1. The first kappa shape index (κ1) is 15.1. The van der Waals surface area contributed by atoms with Crippen LogP contribution in [0.15, 0.2) is 63.9 Å². The van der Waals surface area contributed by atoms with Gasteiger partial charge in [-0.15, -0.1) is 11.8 Å². The van der Waals surface area contributed by atoms with Gasteiger partial charge in [-0.1, -0.05) is 24.3 Å².